The molecule has 0 fully saturated rings. The van der Waals surface area contributed by atoms with E-state index in [0.717, 1.165) is 23.1 Å². The molecule has 0 aliphatic carbocycles. The summed E-state index contributed by atoms with van der Waals surface area (Å²) in [6, 6.07) is 6.01. The van der Waals surface area contributed by atoms with Crippen LogP contribution in [-0.2, 0) is 0 Å². The van der Waals surface area contributed by atoms with Crippen molar-refractivity contribution in [1.82, 2.24) is 15.5 Å². The summed E-state index contributed by atoms with van der Waals surface area (Å²) in [5.41, 5.74) is 0.760. The zero-order chi connectivity index (χ0) is 15.2. The third kappa shape index (κ3) is 4.18. The molecule has 1 aromatic heterocycles. The molecule has 0 spiro atoms. The molecule has 0 saturated heterocycles. The molecule has 0 aliphatic heterocycles. The van der Waals surface area contributed by atoms with Crippen LogP contribution >= 0.6 is 15.9 Å². The quantitative estimate of drug-likeness (QED) is 0.790. The average Bonchev–Trinajstić information content (AvgIpc) is 2.93. The van der Waals surface area contributed by atoms with E-state index in [4.69, 9.17) is 9.15 Å². The highest BCUT2D eigenvalue weighted by Gasteiger charge is 2.14. The summed E-state index contributed by atoms with van der Waals surface area (Å²) >= 11 is 3.42. The summed E-state index contributed by atoms with van der Waals surface area (Å²) in [6.07, 6.45) is 1.05. The van der Waals surface area contributed by atoms with Crippen LogP contribution < -0.4 is 15.4 Å². The van der Waals surface area contributed by atoms with Gasteiger partial charge in [-0.05, 0) is 38.1 Å². The first kappa shape index (κ1) is 15.8. The minimum atomic E-state index is 0.0254. The van der Waals surface area contributed by atoms with Crippen molar-refractivity contribution in [2.45, 2.75) is 26.3 Å². The number of rotatable bonds is 7. The predicted octanol–water partition coefficient (Wildman–Crippen LogP) is 3.64. The van der Waals surface area contributed by atoms with E-state index in [1.54, 1.807) is 7.11 Å². The number of nitrogens with one attached hydrogen (secondary N) is 2. The fraction of sp³-hybridized carbons (Fsp3) is 0.429. The van der Waals surface area contributed by atoms with Crippen LogP contribution in [0.2, 0.25) is 0 Å². The molecule has 7 heteroatoms. The van der Waals surface area contributed by atoms with Gasteiger partial charge in [-0.3, -0.25) is 0 Å². The minimum absolute atomic E-state index is 0.0254. The molecule has 1 aromatic carbocycles. The van der Waals surface area contributed by atoms with Crippen LogP contribution in [0.3, 0.4) is 0 Å². The lowest BCUT2D eigenvalue weighted by Gasteiger charge is -2.09. The fourth-order valence-electron chi connectivity index (χ4n) is 1.80. The Balaban J connectivity index is 2.10. The van der Waals surface area contributed by atoms with Gasteiger partial charge in [0.1, 0.15) is 5.75 Å². The van der Waals surface area contributed by atoms with Crippen LogP contribution in [0.25, 0.3) is 0 Å². The number of ether oxygens (including phenoxy) is 1. The first-order valence-electron chi connectivity index (χ1n) is 6.81. The number of benzene rings is 1. The van der Waals surface area contributed by atoms with Gasteiger partial charge in [0.2, 0.25) is 5.89 Å². The van der Waals surface area contributed by atoms with Gasteiger partial charge in [-0.15, -0.1) is 5.10 Å². The predicted molar refractivity (Wildman–Crippen MR) is 85.0 cm³/mol. The minimum Gasteiger partial charge on any atom is -0.495 e. The zero-order valence-electron chi connectivity index (χ0n) is 12.3. The van der Waals surface area contributed by atoms with Gasteiger partial charge in [0.05, 0.1) is 18.8 Å². The van der Waals surface area contributed by atoms with Gasteiger partial charge in [0, 0.05) is 4.47 Å². The molecule has 1 unspecified atom stereocenters. The molecule has 0 aliphatic rings. The lowest BCUT2D eigenvalue weighted by atomic mass is 10.3. The Hall–Kier alpha value is -1.60. The van der Waals surface area contributed by atoms with E-state index >= 15 is 0 Å². The van der Waals surface area contributed by atoms with Gasteiger partial charge in [0.15, 0.2) is 0 Å². The van der Waals surface area contributed by atoms with Gasteiger partial charge >= 0.3 is 6.01 Å². The Morgan fingerprint density at radius 2 is 2.19 bits per heavy atom. The van der Waals surface area contributed by atoms with Crippen LogP contribution in [0.1, 0.15) is 32.2 Å². The molecule has 2 aromatic rings. The highest BCUT2D eigenvalue weighted by Crippen LogP contribution is 2.30. The average molecular weight is 355 g/mol. The Kier molecular flexibility index (Phi) is 5.58. The molecule has 0 bridgehead atoms. The largest absolute Gasteiger partial charge is 0.495 e. The second kappa shape index (κ2) is 7.42. The fourth-order valence-corrected chi connectivity index (χ4v) is 2.16. The molecule has 0 radical (unpaired) electrons. The van der Waals surface area contributed by atoms with E-state index < -0.39 is 0 Å². The smallest absolute Gasteiger partial charge is 0.320 e. The monoisotopic (exact) mass is 354 g/mol. The van der Waals surface area contributed by atoms with Crippen molar-refractivity contribution in [2.24, 2.45) is 0 Å². The van der Waals surface area contributed by atoms with Crippen LogP contribution in [0.5, 0.6) is 5.75 Å². The normalized spacial score (nSPS) is 12.2. The van der Waals surface area contributed by atoms with E-state index in [1.807, 2.05) is 25.1 Å². The van der Waals surface area contributed by atoms with E-state index in [9.17, 15) is 0 Å². The van der Waals surface area contributed by atoms with Crippen molar-refractivity contribution in [3.63, 3.8) is 0 Å². The lowest BCUT2D eigenvalue weighted by molar-refractivity contribution is 0.414. The van der Waals surface area contributed by atoms with E-state index in [0.29, 0.717) is 17.7 Å². The number of methoxy groups -OCH3 is 1. The van der Waals surface area contributed by atoms with Crippen molar-refractivity contribution in [1.29, 1.82) is 0 Å². The third-order valence-corrected chi connectivity index (χ3v) is 3.41. The second-order valence-corrected chi connectivity index (χ2v) is 5.51. The molecular formula is C14H19BrN4O2. The first-order chi connectivity index (χ1) is 10.1. The summed E-state index contributed by atoms with van der Waals surface area (Å²) in [4.78, 5) is 0. The maximum atomic E-state index is 5.62. The van der Waals surface area contributed by atoms with Crippen molar-refractivity contribution < 1.29 is 9.15 Å². The van der Waals surface area contributed by atoms with Crippen LogP contribution in [-0.4, -0.2) is 23.9 Å². The van der Waals surface area contributed by atoms with Crippen molar-refractivity contribution in [3.05, 3.63) is 28.6 Å². The van der Waals surface area contributed by atoms with Gasteiger partial charge in [-0.1, -0.05) is 28.0 Å². The SMILES string of the molecule is CCCNC(C)c1nnc(Nc2cc(Br)ccc2OC)o1. The number of hydrogen-bond donors (Lipinski definition) is 2. The van der Waals surface area contributed by atoms with Gasteiger partial charge in [-0.2, -0.15) is 0 Å². The van der Waals surface area contributed by atoms with Crippen molar-refractivity contribution in [2.75, 3.05) is 19.0 Å². The van der Waals surface area contributed by atoms with Crippen molar-refractivity contribution >= 4 is 27.6 Å². The van der Waals surface area contributed by atoms with Crippen LogP contribution in [0, 0.1) is 0 Å². The number of hydrogen-bond acceptors (Lipinski definition) is 6. The highest BCUT2D eigenvalue weighted by molar-refractivity contribution is 9.10. The highest BCUT2D eigenvalue weighted by atomic mass is 79.9. The topological polar surface area (TPSA) is 72.2 Å². The molecule has 6 nitrogen and oxygen atoms in total. The zero-order valence-corrected chi connectivity index (χ0v) is 13.9. The van der Waals surface area contributed by atoms with Gasteiger partial charge in [0.25, 0.3) is 0 Å². The molecule has 0 amide bonds. The summed E-state index contributed by atoms with van der Waals surface area (Å²) < 4.78 is 11.8. The Morgan fingerprint density at radius 3 is 2.90 bits per heavy atom. The van der Waals surface area contributed by atoms with Gasteiger partial charge < -0.3 is 19.8 Å². The summed E-state index contributed by atoms with van der Waals surface area (Å²) in [7, 11) is 1.62. The summed E-state index contributed by atoms with van der Waals surface area (Å²) in [6.45, 7) is 5.01. The molecule has 1 atom stereocenters. The molecule has 114 valence electrons. The number of aromatic nitrogens is 2. The summed E-state index contributed by atoms with van der Waals surface area (Å²) in [5.74, 6) is 1.26. The molecular weight excluding hydrogens is 336 g/mol. The third-order valence-electron chi connectivity index (χ3n) is 2.91. The molecule has 1 heterocycles. The molecule has 21 heavy (non-hydrogen) atoms. The maximum absolute atomic E-state index is 5.62. The molecule has 0 saturated carbocycles. The number of anilines is 2. The summed E-state index contributed by atoms with van der Waals surface area (Å²) in [5, 5.41) is 14.4. The van der Waals surface area contributed by atoms with Crippen LogP contribution in [0.4, 0.5) is 11.7 Å². The first-order valence-corrected chi connectivity index (χ1v) is 7.60. The maximum Gasteiger partial charge on any atom is 0.320 e. The number of nitrogens with zero attached hydrogens (tertiary/aromatic N) is 2. The number of halogens is 1. The molecule has 2 N–H and O–H groups in total. The van der Waals surface area contributed by atoms with Gasteiger partial charge in [-0.25, -0.2) is 0 Å². The second-order valence-electron chi connectivity index (χ2n) is 4.59. The Labute approximate surface area is 132 Å². The van der Waals surface area contributed by atoms with Crippen LogP contribution in [0.15, 0.2) is 27.1 Å². The van der Waals surface area contributed by atoms with E-state index in [-0.39, 0.29) is 6.04 Å². The standard InChI is InChI=1S/C14H19BrN4O2/c1-4-7-16-9(2)13-18-19-14(21-13)17-11-8-10(15)5-6-12(11)20-3/h5-6,8-9,16H,4,7H2,1-3H3,(H,17,19). The van der Waals surface area contributed by atoms with Crippen molar-refractivity contribution in [3.8, 4) is 5.75 Å². The Bertz CT molecular complexity index is 588. The Morgan fingerprint density at radius 1 is 1.38 bits per heavy atom. The lowest BCUT2D eigenvalue weighted by Crippen LogP contribution is -2.19. The van der Waals surface area contributed by atoms with E-state index in [2.05, 4.69) is 43.7 Å². The van der Waals surface area contributed by atoms with E-state index in [1.165, 1.54) is 0 Å². The molecule has 2 rings (SSSR count).